The standard InChI is InChI=1S/C18H19NO3/c1-3-8-22-16-7-5-13-10-15(6-4-14(13)11-16)19-17(20)9-12(2)18(19)21/h4-7,10-12H,3,8-9H2,1-2H3. The summed E-state index contributed by atoms with van der Waals surface area (Å²) in [6, 6.07) is 11.5. The largest absolute Gasteiger partial charge is 0.494 e. The van der Waals surface area contributed by atoms with Gasteiger partial charge < -0.3 is 4.74 Å². The fourth-order valence-corrected chi connectivity index (χ4v) is 2.72. The van der Waals surface area contributed by atoms with E-state index >= 15 is 0 Å². The molecule has 1 fully saturated rings. The number of nitrogens with zero attached hydrogens (tertiary/aromatic N) is 1. The number of ether oxygens (including phenoxy) is 1. The molecule has 0 aliphatic carbocycles. The average Bonchev–Trinajstić information content (AvgIpc) is 2.77. The van der Waals surface area contributed by atoms with Crippen molar-refractivity contribution in [1.29, 1.82) is 0 Å². The third-order valence-corrected chi connectivity index (χ3v) is 3.90. The number of hydrogen-bond acceptors (Lipinski definition) is 3. The second-order valence-corrected chi connectivity index (χ2v) is 5.71. The van der Waals surface area contributed by atoms with Crippen molar-refractivity contribution < 1.29 is 14.3 Å². The Morgan fingerprint density at radius 3 is 2.55 bits per heavy atom. The molecule has 0 aromatic heterocycles. The second-order valence-electron chi connectivity index (χ2n) is 5.71. The molecule has 2 aromatic rings. The second kappa shape index (κ2) is 5.79. The van der Waals surface area contributed by atoms with Crippen molar-refractivity contribution in [3.63, 3.8) is 0 Å². The van der Waals surface area contributed by atoms with Gasteiger partial charge in [-0.1, -0.05) is 26.0 Å². The summed E-state index contributed by atoms with van der Waals surface area (Å²) in [5, 5.41) is 2.02. The van der Waals surface area contributed by atoms with Gasteiger partial charge in [0, 0.05) is 12.3 Å². The first-order valence-electron chi connectivity index (χ1n) is 7.63. The van der Waals surface area contributed by atoms with E-state index in [0.717, 1.165) is 22.9 Å². The molecule has 2 amide bonds. The molecule has 2 aromatic carbocycles. The smallest absolute Gasteiger partial charge is 0.237 e. The highest BCUT2D eigenvalue weighted by Crippen LogP contribution is 2.30. The highest BCUT2D eigenvalue weighted by Gasteiger charge is 2.36. The fraction of sp³-hybridized carbons (Fsp3) is 0.333. The number of rotatable bonds is 4. The van der Waals surface area contributed by atoms with Gasteiger partial charge in [-0.05, 0) is 41.5 Å². The third-order valence-electron chi connectivity index (χ3n) is 3.90. The van der Waals surface area contributed by atoms with Crippen LogP contribution >= 0.6 is 0 Å². The molecule has 114 valence electrons. The molecule has 4 nitrogen and oxygen atoms in total. The number of amides is 2. The highest BCUT2D eigenvalue weighted by molar-refractivity contribution is 6.21. The van der Waals surface area contributed by atoms with Crippen LogP contribution in [-0.4, -0.2) is 18.4 Å². The number of carbonyl (C=O) groups excluding carboxylic acids is 2. The minimum atomic E-state index is -0.229. The number of benzene rings is 2. The Balaban J connectivity index is 1.93. The maximum Gasteiger partial charge on any atom is 0.237 e. The van der Waals surface area contributed by atoms with Gasteiger partial charge >= 0.3 is 0 Å². The molecule has 1 atom stereocenters. The summed E-state index contributed by atoms with van der Waals surface area (Å²) in [7, 11) is 0. The van der Waals surface area contributed by atoms with E-state index in [1.807, 2.05) is 36.4 Å². The lowest BCUT2D eigenvalue weighted by Crippen LogP contribution is -2.29. The number of anilines is 1. The maximum atomic E-state index is 12.1. The predicted molar refractivity (Wildman–Crippen MR) is 86.0 cm³/mol. The van der Waals surface area contributed by atoms with Crippen LogP contribution in [0, 0.1) is 5.92 Å². The molecule has 0 spiro atoms. The van der Waals surface area contributed by atoms with Crippen LogP contribution < -0.4 is 9.64 Å². The molecule has 1 saturated heterocycles. The van der Waals surface area contributed by atoms with Crippen LogP contribution in [0.2, 0.25) is 0 Å². The van der Waals surface area contributed by atoms with Crippen molar-refractivity contribution in [3.8, 4) is 5.75 Å². The first kappa shape index (κ1) is 14.6. The predicted octanol–water partition coefficient (Wildman–Crippen LogP) is 3.53. The monoisotopic (exact) mass is 297 g/mol. The molecule has 1 aliphatic heterocycles. The van der Waals surface area contributed by atoms with Gasteiger partial charge in [-0.15, -0.1) is 0 Å². The molecule has 0 N–H and O–H groups in total. The Morgan fingerprint density at radius 1 is 1.14 bits per heavy atom. The molecule has 1 aliphatic rings. The lowest BCUT2D eigenvalue weighted by molar-refractivity contribution is -0.122. The van der Waals surface area contributed by atoms with Crippen molar-refractivity contribution in [2.24, 2.45) is 5.92 Å². The number of hydrogen-bond donors (Lipinski definition) is 0. The Kier molecular flexibility index (Phi) is 3.84. The fourth-order valence-electron chi connectivity index (χ4n) is 2.72. The number of carbonyl (C=O) groups is 2. The van der Waals surface area contributed by atoms with E-state index in [4.69, 9.17) is 4.74 Å². The van der Waals surface area contributed by atoms with Gasteiger partial charge in [-0.2, -0.15) is 0 Å². The van der Waals surface area contributed by atoms with E-state index in [0.29, 0.717) is 18.7 Å². The van der Waals surface area contributed by atoms with Gasteiger partial charge in [-0.25, -0.2) is 0 Å². The van der Waals surface area contributed by atoms with Gasteiger partial charge in [-0.3, -0.25) is 14.5 Å². The molecule has 1 heterocycles. The third kappa shape index (κ3) is 2.56. The first-order chi connectivity index (χ1) is 10.6. The van der Waals surface area contributed by atoms with Crippen LogP contribution in [0.3, 0.4) is 0 Å². The summed E-state index contributed by atoms with van der Waals surface area (Å²) in [6.07, 6.45) is 1.26. The van der Waals surface area contributed by atoms with Gasteiger partial charge in [0.25, 0.3) is 0 Å². The van der Waals surface area contributed by atoms with Crippen molar-refractivity contribution in [3.05, 3.63) is 36.4 Å². The molecule has 22 heavy (non-hydrogen) atoms. The highest BCUT2D eigenvalue weighted by atomic mass is 16.5. The Hall–Kier alpha value is -2.36. The van der Waals surface area contributed by atoms with Crippen LogP contribution in [-0.2, 0) is 9.59 Å². The van der Waals surface area contributed by atoms with Crippen molar-refractivity contribution >= 4 is 28.3 Å². The van der Waals surface area contributed by atoms with Crippen molar-refractivity contribution in [1.82, 2.24) is 0 Å². The number of fused-ring (bicyclic) bond motifs is 1. The van der Waals surface area contributed by atoms with Gasteiger partial charge in [0.15, 0.2) is 0 Å². The SMILES string of the molecule is CCCOc1ccc2cc(N3C(=O)CC(C)C3=O)ccc2c1. The maximum absolute atomic E-state index is 12.1. The first-order valence-corrected chi connectivity index (χ1v) is 7.63. The van der Waals surface area contributed by atoms with E-state index in [1.165, 1.54) is 4.90 Å². The average molecular weight is 297 g/mol. The summed E-state index contributed by atoms with van der Waals surface area (Å²) in [6.45, 7) is 4.55. The van der Waals surface area contributed by atoms with E-state index < -0.39 is 0 Å². The normalized spacial score (nSPS) is 18.3. The van der Waals surface area contributed by atoms with Crippen LogP contribution in [0.15, 0.2) is 36.4 Å². The lowest BCUT2D eigenvalue weighted by Gasteiger charge is -2.15. The van der Waals surface area contributed by atoms with E-state index in [1.54, 1.807) is 6.92 Å². The molecule has 1 unspecified atom stereocenters. The van der Waals surface area contributed by atoms with E-state index in [-0.39, 0.29) is 17.7 Å². The molecule has 3 rings (SSSR count). The van der Waals surface area contributed by atoms with E-state index in [2.05, 4.69) is 6.92 Å². The van der Waals surface area contributed by atoms with Crippen molar-refractivity contribution in [2.45, 2.75) is 26.7 Å². The van der Waals surface area contributed by atoms with Crippen LogP contribution in [0.1, 0.15) is 26.7 Å². The van der Waals surface area contributed by atoms with Gasteiger partial charge in [0.2, 0.25) is 11.8 Å². The summed E-state index contributed by atoms with van der Waals surface area (Å²) < 4.78 is 5.62. The minimum Gasteiger partial charge on any atom is -0.494 e. The molecular formula is C18H19NO3. The minimum absolute atomic E-state index is 0.118. The summed E-state index contributed by atoms with van der Waals surface area (Å²) in [5.74, 6) is 0.365. The Labute approximate surface area is 129 Å². The summed E-state index contributed by atoms with van der Waals surface area (Å²) in [5.41, 5.74) is 0.647. The quantitative estimate of drug-likeness (QED) is 0.811. The van der Waals surface area contributed by atoms with Gasteiger partial charge in [0.05, 0.1) is 12.3 Å². The molecule has 0 radical (unpaired) electrons. The summed E-state index contributed by atoms with van der Waals surface area (Å²) in [4.78, 5) is 25.4. The van der Waals surface area contributed by atoms with Crippen LogP contribution in [0.5, 0.6) is 5.75 Å². The zero-order chi connectivity index (χ0) is 15.7. The van der Waals surface area contributed by atoms with Crippen LogP contribution in [0.25, 0.3) is 10.8 Å². The van der Waals surface area contributed by atoms with Gasteiger partial charge in [0.1, 0.15) is 5.75 Å². The molecule has 0 saturated carbocycles. The topological polar surface area (TPSA) is 46.6 Å². The van der Waals surface area contributed by atoms with Crippen LogP contribution in [0.4, 0.5) is 5.69 Å². The molecule has 4 heteroatoms. The Bertz CT molecular complexity index is 738. The van der Waals surface area contributed by atoms with E-state index in [9.17, 15) is 9.59 Å². The number of imide groups is 1. The zero-order valence-corrected chi connectivity index (χ0v) is 12.8. The summed E-state index contributed by atoms with van der Waals surface area (Å²) >= 11 is 0. The van der Waals surface area contributed by atoms with Crippen molar-refractivity contribution in [2.75, 3.05) is 11.5 Å². The molecular weight excluding hydrogens is 278 g/mol. The Morgan fingerprint density at radius 2 is 1.86 bits per heavy atom. The zero-order valence-electron chi connectivity index (χ0n) is 12.8. The lowest BCUT2D eigenvalue weighted by atomic mass is 10.1. The molecule has 0 bridgehead atoms.